The van der Waals surface area contributed by atoms with Crippen LogP contribution in [-0.4, -0.2) is 38.0 Å². The third kappa shape index (κ3) is 2.43. The van der Waals surface area contributed by atoms with Gasteiger partial charge in [-0.2, -0.15) is 9.82 Å². The number of ether oxygens (including phenoxy) is 2. The molecule has 0 atom stereocenters. The molecule has 23 heavy (non-hydrogen) atoms. The minimum absolute atomic E-state index is 0.0828. The van der Waals surface area contributed by atoms with E-state index in [9.17, 15) is 8.42 Å². The van der Waals surface area contributed by atoms with Crippen LogP contribution in [0.5, 0.6) is 5.88 Å². The number of sulfonamides is 1. The third-order valence-corrected chi connectivity index (χ3v) is 5.67. The first-order valence-corrected chi connectivity index (χ1v) is 8.95. The van der Waals surface area contributed by atoms with Crippen molar-refractivity contribution in [3.05, 3.63) is 42.1 Å². The molecule has 1 saturated heterocycles. The van der Waals surface area contributed by atoms with Crippen molar-refractivity contribution < 1.29 is 17.9 Å². The van der Waals surface area contributed by atoms with Gasteiger partial charge in [0, 0.05) is 13.0 Å². The van der Waals surface area contributed by atoms with Crippen LogP contribution < -0.4 is 9.46 Å². The van der Waals surface area contributed by atoms with Crippen molar-refractivity contribution in [2.24, 2.45) is 0 Å². The highest BCUT2D eigenvalue weighted by atomic mass is 32.2. The van der Waals surface area contributed by atoms with Crippen molar-refractivity contribution in [3.63, 3.8) is 0 Å². The molecular weight excluding hydrogens is 318 g/mol. The van der Waals surface area contributed by atoms with E-state index in [4.69, 9.17) is 9.47 Å². The zero-order chi connectivity index (χ0) is 15.9. The Hall–Kier alpha value is -1.90. The van der Waals surface area contributed by atoms with Crippen LogP contribution in [0.1, 0.15) is 12.0 Å². The Labute approximate surface area is 134 Å². The maximum Gasteiger partial charge on any atom is 0.248 e. The fourth-order valence-electron chi connectivity index (χ4n) is 2.89. The van der Waals surface area contributed by atoms with Gasteiger partial charge in [0.05, 0.1) is 26.0 Å². The summed E-state index contributed by atoms with van der Waals surface area (Å²) < 4.78 is 40.9. The fourth-order valence-corrected chi connectivity index (χ4v) is 4.33. The van der Waals surface area contributed by atoms with Crippen LogP contribution in [-0.2, 0) is 26.8 Å². The first-order chi connectivity index (χ1) is 11.1. The Morgan fingerprint density at radius 3 is 2.70 bits per heavy atom. The van der Waals surface area contributed by atoms with Crippen molar-refractivity contribution in [1.29, 1.82) is 0 Å². The second kappa shape index (κ2) is 5.33. The predicted molar refractivity (Wildman–Crippen MR) is 81.6 cm³/mol. The molecule has 0 radical (unpaired) electrons. The smallest absolute Gasteiger partial charge is 0.248 e. The van der Waals surface area contributed by atoms with Crippen LogP contribution in [0.3, 0.4) is 0 Å². The molecule has 4 rings (SSSR count). The highest BCUT2D eigenvalue weighted by Gasteiger charge is 2.45. The van der Waals surface area contributed by atoms with Gasteiger partial charge in [-0.15, -0.1) is 0 Å². The van der Waals surface area contributed by atoms with Gasteiger partial charge in [-0.25, -0.2) is 13.1 Å². The molecule has 8 heteroatoms. The zero-order valence-corrected chi connectivity index (χ0v) is 13.3. The average Bonchev–Trinajstić information content (AvgIpc) is 2.97. The molecule has 0 aliphatic carbocycles. The number of benzene rings is 1. The Bertz CT molecular complexity index is 813. The molecule has 2 aliphatic heterocycles. The summed E-state index contributed by atoms with van der Waals surface area (Å²) >= 11 is 0. The number of rotatable bonds is 4. The Balaban J connectivity index is 1.68. The van der Waals surface area contributed by atoms with E-state index in [1.165, 1.54) is 6.20 Å². The third-order valence-electron chi connectivity index (χ3n) is 4.16. The summed E-state index contributed by atoms with van der Waals surface area (Å²) in [6.07, 6.45) is 2.17. The second-order valence-corrected chi connectivity index (χ2v) is 7.44. The lowest BCUT2D eigenvalue weighted by Crippen LogP contribution is -2.59. The Morgan fingerprint density at radius 1 is 1.22 bits per heavy atom. The van der Waals surface area contributed by atoms with Crippen LogP contribution in [0.15, 0.2) is 41.4 Å². The summed E-state index contributed by atoms with van der Waals surface area (Å²) in [5, 5.41) is 4.11. The molecule has 122 valence electrons. The van der Waals surface area contributed by atoms with E-state index in [1.54, 1.807) is 4.68 Å². The number of hydrogen-bond acceptors (Lipinski definition) is 5. The quantitative estimate of drug-likeness (QED) is 0.896. The molecule has 1 fully saturated rings. The maximum atomic E-state index is 12.8. The zero-order valence-electron chi connectivity index (χ0n) is 12.4. The molecule has 1 aromatic heterocycles. The van der Waals surface area contributed by atoms with E-state index < -0.39 is 15.6 Å². The van der Waals surface area contributed by atoms with Gasteiger partial charge in [-0.3, -0.25) is 0 Å². The van der Waals surface area contributed by atoms with Gasteiger partial charge >= 0.3 is 0 Å². The summed E-state index contributed by atoms with van der Waals surface area (Å²) in [6, 6.07) is 9.46. The molecule has 1 aromatic carbocycles. The van der Waals surface area contributed by atoms with Crippen molar-refractivity contribution >= 4 is 10.0 Å². The molecule has 2 aliphatic rings. The van der Waals surface area contributed by atoms with Crippen LogP contribution in [0.4, 0.5) is 0 Å². The molecule has 7 nitrogen and oxygen atoms in total. The minimum atomic E-state index is -3.76. The van der Waals surface area contributed by atoms with Gasteiger partial charge in [0.25, 0.3) is 0 Å². The largest absolute Gasteiger partial charge is 0.477 e. The monoisotopic (exact) mass is 335 g/mol. The van der Waals surface area contributed by atoms with Crippen LogP contribution in [0.2, 0.25) is 0 Å². The summed E-state index contributed by atoms with van der Waals surface area (Å²) in [6.45, 7) is 1.78. The highest BCUT2D eigenvalue weighted by molar-refractivity contribution is 7.89. The minimum Gasteiger partial charge on any atom is -0.477 e. The maximum absolute atomic E-state index is 12.8. The van der Waals surface area contributed by atoms with Crippen molar-refractivity contribution in [1.82, 2.24) is 14.5 Å². The molecule has 0 unspecified atom stereocenters. The summed E-state index contributed by atoms with van der Waals surface area (Å²) in [5.74, 6) is 0.312. The number of aryl methyl sites for hydroxylation is 1. The molecule has 3 heterocycles. The number of nitrogens with one attached hydrogen (secondary N) is 1. The predicted octanol–water partition coefficient (Wildman–Crippen LogP) is 0.870. The van der Waals surface area contributed by atoms with Gasteiger partial charge in [-0.05, 0) is 5.56 Å². The van der Waals surface area contributed by atoms with Crippen LogP contribution in [0.25, 0.3) is 0 Å². The number of nitrogens with zero attached hydrogens (tertiary/aromatic N) is 2. The van der Waals surface area contributed by atoms with E-state index in [-0.39, 0.29) is 4.90 Å². The molecule has 0 amide bonds. The topological polar surface area (TPSA) is 82.5 Å². The van der Waals surface area contributed by atoms with E-state index in [0.717, 1.165) is 12.0 Å². The summed E-state index contributed by atoms with van der Waals surface area (Å²) in [4.78, 5) is 0.0828. The summed E-state index contributed by atoms with van der Waals surface area (Å²) in [5.41, 5.74) is 0.153. The lowest BCUT2D eigenvalue weighted by Gasteiger charge is -2.42. The van der Waals surface area contributed by atoms with Crippen molar-refractivity contribution in [2.45, 2.75) is 23.4 Å². The number of aromatic nitrogens is 2. The normalized spacial score (nSPS) is 19.5. The molecule has 0 saturated carbocycles. The van der Waals surface area contributed by atoms with Crippen LogP contribution >= 0.6 is 0 Å². The van der Waals surface area contributed by atoms with Crippen molar-refractivity contribution in [2.75, 3.05) is 19.8 Å². The molecule has 0 spiro atoms. The standard InChI is InChI=1S/C15H17N3O4S/c19-23(20,13-9-16-18-7-4-8-22-14(13)18)17-15(10-21-11-15)12-5-2-1-3-6-12/h1-3,5-6,9,17H,4,7-8,10-11H2. The highest BCUT2D eigenvalue weighted by Crippen LogP contribution is 2.33. The lowest BCUT2D eigenvalue weighted by molar-refractivity contribution is -0.0664. The number of fused-ring (bicyclic) bond motifs is 1. The van der Waals surface area contributed by atoms with Gasteiger partial charge in [0.2, 0.25) is 15.9 Å². The summed E-state index contributed by atoms with van der Waals surface area (Å²) in [7, 11) is -3.76. The first-order valence-electron chi connectivity index (χ1n) is 7.47. The van der Waals surface area contributed by atoms with Gasteiger partial charge in [0.15, 0.2) is 4.90 Å². The van der Waals surface area contributed by atoms with E-state index in [0.29, 0.717) is 32.2 Å². The van der Waals surface area contributed by atoms with Crippen molar-refractivity contribution in [3.8, 4) is 5.88 Å². The van der Waals surface area contributed by atoms with E-state index in [1.807, 2.05) is 30.3 Å². The first kappa shape index (κ1) is 14.7. The van der Waals surface area contributed by atoms with E-state index in [2.05, 4.69) is 9.82 Å². The average molecular weight is 335 g/mol. The molecular formula is C15H17N3O4S. The molecule has 2 aromatic rings. The molecule has 1 N–H and O–H groups in total. The van der Waals surface area contributed by atoms with Gasteiger partial charge < -0.3 is 9.47 Å². The Kier molecular flexibility index (Phi) is 3.40. The van der Waals surface area contributed by atoms with Crippen LogP contribution in [0, 0.1) is 0 Å². The Morgan fingerprint density at radius 2 is 2.00 bits per heavy atom. The lowest BCUT2D eigenvalue weighted by atomic mass is 9.89. The van der Waals surface area contributed by atoms with Gasteiger partial charge in [-0.1, -0.05) is 30.3 Å². The molecule has 0 bridgehead atoms. The SMILES string of the molecule is O=S(=O)(NC1(c2ccccc2)COC1)c1cnn2c1OCCC2. The second-order valence-electron chi connectivity index (χ2n) is 5.79. The van der Waals surface area contributed by atoms with Gasteiger partial charge in [0.1, 0.15) is 5.54 Å². The number of hydrogen-bond donors (Lipinski definition) is 1. The fraction of sp³-hybridized carbons (Fsp3) is 0.400. The van der Waals surface area contributed by atoms with E-state index >= 15 is 0 Å².